The Labute approximate surface area is 132 Å². The highest BCUT2D eigenvalue weighted by molar-refractivity contribution is 5.35. The van der Waals surface area contributed by atoms with Gasteiger partial charge in [-0.1, -0.05) is 0 Å². The van der Waals surface area contributed by atoms with Gasteiger partial charge in [-0.3, -0.25) is 0 Å². The third-order valence-electron chi connectivity index (χ3n) is 3.66. The van der Waals surface area contributed by atoms with Crippen LogP contribution in [0.25, 0.3) is 0 Å². The van der Waals surface area contributed by atoms with E-state index < -0.39 is 36.5 Å². The first-order valence-corrected chi connectivity index (χ1v) is 7.01. The number of anilines is 1. The number of nitrogens with zero attached hydrogens (tertiary/aromatic N) is 2. The molecule has 0 unspecified atom stereocenters. The fourth-order valence-corrected chi connectivity index (χ4v) is 2.36. The van der Waals surface area contributed by atoms with E-state index in [9.17, 15) is 20.1 Å². The van der Waals surface area contributed by atoms with E-state index >= 15 is 0 Å². The third kappa shape index (κ3) is 3.09. The summed E-state index contributed by atoms with van der Waals surface area (Å²) in [6.07, 6.45) is -2.89. The summed E-state index contributed by atoms with van der Waals surface area (Å²) in [6, 6.07) is 0. The third-order valence-corrected chi connectivity index (χ3v) is 3.66. The first-order chi connectivity index (χ1) is 10.9. The van der Waals surface area contributed by atoms with Gasteiger partial charge < -0.3 is 35.3 Å². The number of aromatic nitrogens is 2. The zero-order chi connectivity index (χ0) is 17.2. The molecule has 1 fully saturated rings. The molecular formula is C13H21N3O7. The van der Waals surface area contributed by atoms with E-state index in [1.807, 2.05) is 0 Å². The van der Waals surface area contributed by atoms with Gasteiger partial charge in [-0.25, -0.2) is 9.36 Å². The number of nitrogen functional groups attached to an aromatic ring is 1. The largest absolute Gasteiger partial charge is 0.394 e. The summed E-state index contributed by atoms with van der Waals surface area (Å²) in [6.45, 7) is 1.17. The maximum Gasteiger partial charge on any atom is 0.353 e. The Kier molecular flexibility index (Phi) is 5.34. The molecule has 4 atom stereocenters. The van der Waals surface area contributed by atoms with Gasteiger partial charge in [0.1, 0.15) is 18.0 Å². The van der Waals surface area contributed by atoms with Crippen LogP contribution in [0.15, 0.2) is 11.0 Å². The summed E-state index contributed by atoms with van der Waals surface area (Å²) in [4.78, 5) is 15.8. The standard InChI is InChI=1S/C13H21N3O7/c1-7-5-16(12(20)15-11(7)14)13(22-4-3-21-2)10(19)9(18)8(6-17)23-13/h5,8-10,17-19H,3-4,6H2,1-2H3,(H2,14,15,20)/t8-,9-,10-,13-/m1/s1. The van der Waals surface area contributed by atoms with E-state index in [1.165, 1.54) is 13.3 Å². The van der Waals surface area contributed by atoms with Crippen LogP contribution in [0.5, 0.6) is 0 Å². The van der Waals surface area contributed by atoms with E-state index in [0.29, 0.717) is 5.56 Å². The van der Waals surface area contributed by atoms with Gasteiger partial charge in [-0.15, -0.1) is 0 Å². The number of rotatable bonds is 6. The monoisotopic (exact) mass is 331 g/mol. The molecule has 0 saturated carbocycles. The molecule has 10 heteroatoms. The Morgan fingerprint density at radius 2 is 2.17 bits per heavy atom. The maximum atomic E-state index is 12.2. The quantitative estimate of drug-likeness (QED) is 0.415. The lowest BCUT2D eigenvalue weighted by Crippen LogP contribution is -2.53. The maximum absolute atomic E-state index is 12.2. The van der Waals surface area contributed by atoms with Crippen molar-refractivity contribution in [2.24, 2.45) is 0 Å². The lowest BCUT2D eigenvalue weighted by Gasteiger charge is -2.33. The molecule has 23 heavy (non-hydrogen) atoms. The molecule has 1 aromatic heterocycles. The molecule has 1 aliphatic heterocycles. The molecule has 2 rings (SSSR count). The molecule has 10 nitrogen and oxygen atoms in total. The lowest BCUT2D eigenvalue weighted by atomic mass is 10.1. The van der Waals surface area contributed by atoms with Gasteiger partial charge in [0.2, 0.25) is 0 Å². The molecule has 1 saturated heterocycles. The van der Waals surface area contributed by atoms with Crippen LogP contribution >= 0.6 is 0 Å². The van der Waals surface area contributed by atoms with E-state index in [1.54, 1.807) is 6.92 Å². The molecule has 130 valence electrons. The number of hydrogen-bond donors (Lipinski definition) is 4. The molecule has 1 aromatic rings. The van der Waals surface area contributed by atoms with Gasteiger partial charge in [0.15, 0.2) is 6.10 Å². The van der Waals surface area contributed by atoms with E-state index in [2.05, 4.69) is 4.98 Å². The number of ether oxygens (including phenoxy) is 3. The van der Waals surface area contributed by atoms with Crippen molar-refractivity contribution in [1.82, 2.24) is 9.55 Å². The van der Waals surface area contributed by atoms with Crippen LogP contribution in [-0.4, -0.2) is 70.1 Å². The second kappa shape index (κ2) is 6.91. The van der Waals surface area contributed by atoms with Gasteiger partial charge >= 0.3 is 5.69 Å². The fourth-order valence-electron chi connectivity index (χ4n) is 2.36. The Morgan fingerprint density at radius 1 is 1.48 bits per heavy atom. The normalized spacial score (nSPS) is 30.7. The average molecular weight is 331 g/mol. The number of hydrogen-bond acceptors (Lipinski definition) is 9. The summed E-state index contributed by atoms with van der Waals surface area (Å²) in [7, 11) is 1.45. The summed E-state index contributed by atoms with van der Waals surface area (Å²) < 4.78 is 16.8. The van der Waals surface area contributed by atoms with E-state index in [-0.39, 0.29) is 19.0 Å². The molecule has 0 amide bonds. The van der Waals surface area contributed by atoms with Crippen LogP contribution in [0.2, 0.25) is 0 Å². The van der Waals surface area contributed by atoms with Crippen molar-refractivity contribution in [3.63, 3.8) is 0 Å². The zero-order valence-electron chi connectivity index (χ0n) is 12.9. The molecule has 5 N–H and O–H groups in total. The molecule has 1 aliphatic rings. The van der Waals surface area contributed by atoms with Crippen molar-refractivity contribution in [1.29, 1.82) is 0 Å². The topological polar surface area (TPSA) is 149 Å². The van der Waals surface area contributed by atoms with Crippen LogP contribution in [0.3, 0.4) is 0 Å². The van der Waals surface area contributed by atoms with Crippen molar-refractivity contribution in [3.05, 3.63) is 22.2 Å². The summed E-state index contributed by atoms with van der Waals surface area (Å²) >= 11 is 0. The van der Waals surface area contributed by atoms with E-state index in [4.69, 9.17) is 19.9 Å². The van der Waals surface area contributed by atoms with Crippen LogP contribution < -0.4 is 11.4 Å². The van der Waals surface area contributed by atoms with Gasteiger partial charge in [0.25, 0.3) is 5.91 Å². The highest BCUT2D eigenvalue weighted by Crippen LogP contribution is 2.36. The summed E-state index contributed by atoms with van der Waals surface area (Å²) in [5, 5.41) is 29.7. The van der Waals surface area contributed by atoms with Gasteiger partial charge in [-0.05, 0) is 6.92 Å². The smallest absolute Gasteiger partial charge is 0.353 e. The van der Waals surface area contributed by atoms with Crippen molar-refractivity contribution in [3.8, 4) is 0 Å². The Hall–Kier alpha value is -1.56. The molecule has 0 spiro atoms. The predicted molar refractivity (Wildman–Crippen MR) is 77.4 cm³/mol. The fraction of sp³-hybridized carbons (Fsp3) is 0.692. The number of nitrogens with two attached hydrogens (primary N) is 1. The molecular weight excluding hydrogens is 310 g/mol. The Morgan fingerprint density at radius 3 is 2.74 bits per heavy atom. The molecule has 0 aliphatic carbocycles. The minimum absolute atomic E-state index is 0.0324. The summed E-state index contributed by atoms with van der Waals surface area (Å²) in [5.41, 5.74) is 5.22. The predicted octanol–water partition coefficient (Wildman–Crippen LogP) is -2.48. The Bertz CT molecular complexity index is 608. The lowest BCUT2D eigenvalue weighted by molar-refractivity contribution is -0.320. The van der Waals surface area contributed by atoms with Crippen LogP contribution in [-0.2, 0) is 20.1 Å². The first-order valence-electron chi connectivity index (χ1n) is 7.01. The molecule has 2 heterocycles. The number of methoxy groups -OCH3 is 1. The van der Waals surface area contributed by atoms with Gasteiger partial charge in [0, 0.05) is 18.9 Å². The first kappa shape index (κ1) is 17.8. The summed E-state index contributed by atoms with van der Waals surface area (Å²) in [5.74, 6) is -2.00. The second-order valence-electron chi connectivity index (χ2n) is 5.21. The van der Waals surface area contributed by atoms with E-state index in [0.717, 1.165) is 4.57 Å². The highest BCUT2D eigenvalue weighted by atomic mass is 16.8. The van der Waals surface area contributed by atoms with Crippen molar-refractivity contribution in [2.45, 2.75) is 31.1 Å². The minimum Gasteiger partial charge on any atom is -0.394 e. The average Bonchev–Trinajstić information content (AvgIpc) is 2.76. The molecule has 0 radical (unpaired) electrons. The van der Waals surface area contributed by atoms with Crippen LogP contribution in [0.4, 0.5) is 5.82 Å². The number of aliphatic hydroxyl groups excluding tert-OH is 3. The van der Waals surface area contributed by atoms with Crippen molar-refractivity contribution >= 4 is 5.82 Å². The van der Waals surface area contributed by atoms with Crippen molar-refractivity contribution in [2.75, 3.05) is 32.7 Å². The highest BCUT2D eigenvalue weighted by Gasteiger charge is 2.57. The SMILES string of the molecule is COCCO[C@@]1(n2cc(C)c(N)nc2=O)O[C@H](CO)[C@@H](O)[C@H]1O. The molecule has 0 aromatic carbocycles. The Balaban J connectivity index is 2.51. The second-order valence-corrected chi connectivity index (χ2v) is 5.21. The minimum atomic E-state index is -2.03. The number of aliphatic hydroxyl groups is 3. The zero-order valence-corrected chi connectivity index (χ0v) is 12.9. The van der Waals surface area contributed by atoms with Gasteiger partial charge in [0.05, 0.1) is 19.8 Å². The molecule has 0 bridgehead atoms. The van der Waals surface area contributed by atoms with Crippen molar-refractivity contribution < 1.29 is 29.5 Å². The van der Waals surface area contributed by atoms with Crippen LogP contribution in [0, 0.1) is 6.92 Å². The van der Waals surface area contributed by atoms with Gasteiger partial charge in [-0.2, -0.15) is 4.98 Å². The van der Waals surface area contributed by atoms with Crippen LogP contribution in [0.1, 0.15) is 5.56 Å². The number of aryl methyl sites for hydroxylation is 1.